The smallest absolute Gasteiger partial charge is 0.407 e. The summed E-state index contributed by atoms with van der Waals surface area (Å²) in [5.74, 6) is -1.08. The second-order valence-electron chi connectivity index (χ2n) is 11.0. The number of cyclic esters (lactones) is 1. The summed E-state index contributed by atoms with van der Waals surface area (Å²) in [6.07, 6.45) is 2.48. The van der Waals surface area contributed by atoms with E-state index < -0.39 is 41.7 Å². The number of ether oxygens (including phenoxy) is 2. The van der Waals surface area contributed by atoms with Crippen LogP contribution in [0, 0.1) is 24.2 Å². The highest BCUT2D eigenvalue weighted by Crippen LogP contribution is 2.33. The van der Waals surface area contributed by atoms with Gasteiger partial charge in [0.05, 0.1) is 22.8 Å². The van der Waals surface area contributed by atoms with Crippen molar-refractivity contribution in [2.24, 2.45) is 17.3 Å². The van der Waals surface area contributed by atoms with Crippen LogP contribution >= 0.6 is 11.3 Å². The zero-order valence-electron chi connectivity index (χ0n) is 22.2. The van der Waals surface area contributed by atoms with Gasteiger partial charge in [-0.15, -0.1) is 11.3 Å². The van der Waals surface area contributed by atoms with E-state index in [1.165, 1.54) is 0 Å². The van der Waals surface area contributed by atoms with Gasteiger partial charge in [-0.05, 0) is 50.7 Å². The van der Waals surface area contributed by atoms with Crippen LogP contribution in [0.15, 0.2) is 11.0 Å². The number of aromatic nitrogens is 1. The van der Waals surface area contributed by atoms with Gasteiger partial charge >= 0.3 is 12.1 Å². The Morgan fingerprint density at radius 2 is 1.94 bits per heavy atom. The van der Waals surface area contributed by atoms with Gasteiger partial charge < -0.3 is 19.9 Å². The molecule has 1 aromatic heterocycles. The van der Waals surface area contributed by atoms with Gasteiger partial charge in [0.25, 0.3) is 0 Å². The highest BCUT2D eigenvalue weighted by atomic mass is 32.1. The molecule has 0 spiro atoms. The Labute approximate surface area is 217 Å². The number of hydrogen-bond acceptors (Lipinski definition) is 8. The van der Waals surface area contributed by atoms with E-state index >= 15 is 0 Å². The van der Waals surface area contributed by atoms with E-state index in [-0.39, 0.29) is 24.2 Å². The Morgan fingerprint density at radius 3 is 2.61 bits per heavy atom. The van der Waals surface area contributed by atoms with Crippen molar-refractivity contribution in [2.75, 3.05) is 0 Å². The maximum atomic E-state index is 13.2. The molecule has 8 nitrogen and oxygen atoms in total. The molecule has 0 aliphatic carbocycles. The van der Waals surface area contributed by atoms with E-state index in [4.69, 9.17) is 9.47 Å². The van der Waals surface area contributed by atoms with Gasteiger partial charge in [-0.3, -0.25) is 9.59 Å². The number of nitrogens with zero attached hydrogens (tertiary/aromatic N) is 1. The topological polar surface area (TPSA) is 115 Å². The number of alkyl carbamates (subject to hydrolysis) is 1. The molecule has 2 aliphatic rings. The molecule has 3 rings (SSSR count). The molecule has 1 aromatic rings. The van der Waals surface area contributed by atoms with Crippen molar-refractivity contribution in [3.05, 3.63) is 21.7 Å². The highest BCUT2D eigenvalue weighted by Gasteiger charge is 2.39. The normalized spacial score (nSPS) is 32.9. The molecule has 4 unspecified atom stereocenters. The zero-order valence-corrected chi connectivity index (χ0v) is 23.0. The number of nitrogens with one attached hydrogen (secondary N) is 1. The third-order valence-electron chi connectivity index (χ3n) is 7.56. The summed E-state index contributed by atoms with van der Waals surface area (Å²) in [5, 5.41) is 16.6. The summed E-state index contributed by atoms with van der Waals surface area (Å²) >= 11 is 1.54. The lowest BCUT2D eigenvalue weighted by atomic mass is 9.74. The van der Waals surface area contributed by atoms with Crippen molar-refractivity contribution >= 4 is 35.3 Å². The molecule has 0 radical (unpaired) electrons. The fourth-order valence-corrected chi connectivity index (χ4v) is 5.70. The fourth-order valence-electron chi connectivity index (χ4n) is 5.13. The average molecular weight is 521 g/mol. The number of hydrogen-bond donors (Lipinski definition) is 2. The van der Waals surface area contributed by atoms with E-state index in [2.05, 4.69) is 10.3 Å². The Bertz CT molecular complexity index is 987. The molecule has 2 N–H and O–H groups in total. The van der Waals surface area contributed by atoms with Crippen LogP contribution in [0.5, 0.6) is 0 Å². The van der Waals surface area contributed by atoms with Crippen molar-refractivity contribution in [1.82, 2.24) is 10.3 Å². The molecule has 2 fully saturated rings. The monoisotopic (exact) mass is 520 g/mol. The van der Waals surface area contributed by atoms with Gasteiger partial charge in [-0.25, -0.2) is 9.78 Å². The van der Waals surface area contributed by atoms with Crippen LogP contribution in [-0.2, 0) is 19.1 Å². The maximum absolute atomic E-state index is 13.2. The minimum absolute atomic E-state index is 0.0511. The van der Waals surface area contributed by atoms with Crippen molar-refractivity contribution in [2.45, 2.75) is 104 Å². The van der Waals surface area contributed by atoms with E-state index in [1.54, 1.807) is 18.3 Å². The molecule has 9 heteroatoms. The van der Waals surface area contributed by atoms with E-state index in [9.17, 15) is 19.5 Å². The number of fused-ring (bicyclic) bond motifs is 1. The predicted octanol–water partition coefficient (Wildman–Crippen LogP) is 4.83. The third kappa shape index (κ3) is 7.16. The molecule has 200 valence electrons. The fraction of sp³-hybridized carbons (Fsp3) is 0.704. The first-order valence-corrected chi connectivity index (χ1v) is 13.7. The summed E-state index contributed by atoms with van der Waals surface area (Å²) < 4.78 is 11.5. The Morgan fingerprint density at radius 1 is 1.22 bits per heavy atom. The van der Waals surface area contributed by atoms with Crippen molar-refractivity contribution in [3.8, 4) is 0 Å². The van der Waals surface area contributed by atoms with Crippen LogP contribution in [0.3, 0.4) is 0 Å². The Kier molecular flexibility index (Phi) is 9.33. The number of aryl methyl sites for hydroxylation is 1. The molecule has 0 bridgehead atoms. The first-order chi connectivity index (χ1) is 16.9. The number of carbonyl (C=O) groups excluding carboxylic acids is 3. The number of esters is 1. The molecular formula is C27H40N2O6S. The number of amides is 1. The summed E-state index contributed by atoms with van der Waals surface area (Å²) in [7, 11) is 0. The molecule has 3 heterocycles. The van der Waals surface area contributed by atoms with Crippen molar-refractivity contribution < 1.29 is 29.0 Å². The molecule has 36 heavy (non-hydrogen) atoms. The number of aliphatic hydroxyl groups excluding tert-OH is 1. The lowest BCUT2D eigenvalue weighted by Gasteiger charge is -2.32. The van der Waals surface area contributed by atoms with Crippen LogP contribution < -0.4 is 5.32 Å². The molecule has 1 amide bonds. The first kappa shape index (κ1) is 28.3. The average Bonchev–Trinajstić information content (AvgIpc) is 3.38. The van der Waals surface area contributed by atoms with Gasteiger partial charge in [0.1, 0.15) is 18.0 Å². The minimum Gasteiger partial charge on any atom is -0.458 e. The van der Waals surface area contributed by atoms with Crippen LogP contribution in [0.25, 0.3) is 6.08 Å². The standard InChI is InChI=1S/C27H40N2O6S/c1-15-8-7-9-20-22(35-26(33)29-20)13-21(16(2)12-19-14-36-18(4)28-19)34-23(30)10-11-27(5,6)25(32)17(3)24(15)31/h12,14-15,17,20-22,24,31H,7-11,13H2,1-6H3,(H,29,33)/b16-12+/t15-,17+,20?,21?,22?,24?/m0/s1. The van der Waals surface area contributed by atoms with Crippen molar-refractivity contribution in [3.63, 3.8) is 0 Å². The second kappa shape index (κ2) is 11.9. The van der Waals surface area contributed by atoms with E-state index in [1.807, 2.05) is 46.1 Å². The van der Waals surface area contributed by atoms with E-state index in [0.717, 1.165) is 29.1 Å². The predicted molar refractivity (Wildman–Crippen MR) is 138 cm³/mol. The first-order valence-electron chi connectivity index (χ1n) is 12.9. The molecule has 2 saturated heterocycles. The van der Waals surface area contributed by atoms with Crippen LogP contribution in [0.1, 0.15) is 83.8 Å². The Hall–Kier alpha value is -2.26. The van der Waals surface area contributed by atoms with Crippen molar-refractivity contribution in [1.29, 1.82) is 0 Å². The quantitative estimate of drug-likeness (QED) is 0.537. The zero-order chi connectivity index (χ0) is 26.6. The minimum atomic E-state index is -0.773. The summed E-state index contributed by atoms with van der Waals surface area (Å²) in [6, 6.07) is -0.219. The van der Waals surface area contributed by atoms with Gasteiger partial charge in [-0.2, -0.15) is 0 Å². The van der Waals surface area contributed by atoms with Gasteiger partial charge in [0.15, 0.2) is 0 Å². The molecular weight excluding hydrogens is 480 g/mol. The third-order valence-corrected chi connectivity index (χ3v) is 8.35. The summed E-state index contributed by atoms with van der Waals surface area (Å²) in [5.41, 5.74) is 0.840. The van der Waals surface area contributed by atoms with E-state index in [0.29, 0.717) is 19.3 Å². The lowest BCUT2D eigenvalue weighted by Crippen LogP contribution is -2.40. The number of thiazole rings is 1. The molecule has 6 atom stereocenters. The maximum Gasteiger partial charge on any atom is 0.407 e. The lowest BCUT2D eigenvalue weighted by molar-refractivity contribution is -0.149. The number of ketones is 1. The van der Waals surface area contributed by atoms with Crippen LogP contribution in [0.4, 0.5) is 4.79 Å². The Balaban J connectivity index is 1.87. The summed E-state index contributed by atoms with van der Waals surface area (Å²) in [4.78, 5) is 42.7. The highest BCUT2D eigenvalue weighted by molar-refractivity contribution is 7.09. The number of carbonyl (C=O) groups is 3. The largest absolute Gasteiger partial charge is 0.458 e. The molecule has 0 saturated carbocycles. The SMILES string of the molecule is C/C(=C\c1csc(C)n1)C1CC2OC(=O)NC2CCC[C@H](C)C(O)[C@@H](C)C(=O)C(C)(C)CCC(=O)O1. The number of rotatable bonds is 2. The van der Waals surface area contributed by atoms with Crippen LogP contribution in [0.2, 0.25) is 0 Å². The number of Topliss-reactive ketones (excluding diaryl/α,β-unsaturated/α-hetero) is 1. The van der Waals surface area contributed by atoms with Crippen LogP contribution in [-0.4, -0.2) is 52.3 Å². The molecule has 2 aliphatic heterocycles. The van der Waals surface area contributed by atoms with Gasteiger partial charge in [-0.1, -0.05) is 34.1 Å². The number of aliphatic hydroxyl groups is 1. The molecule has 0 aromatic carbocycles. The summed E-state index contributed by atoms with van der Waals surface area (Å²) in [6.45, 7) is 11.2. The second-order valence-corrected chi connectivity index (χ2v) is 12.1. The van der Waals surface area contributed by atoms with Gasteiger partial charge in [0.2, 0.25) is 0 Å². The van der Waals surface area contributed by atoms with Gasteiger partial charge in [0, 0.05) is 29.6 Å².